The van der Waals surface area contributed by atoms with Gasteiger partial charge in [-0.3, -0.25) is 0 Å². The van der Waals surface area contributed by atoms with E-state index in [1.54, 1.807) is 0 Å². The minimum atomic E-state index is -0.431. The molecule has 0 radical (unpaired) electrons. The molecule has 0 atom stereocenters. The fraction of sp³-hybridized carbons (Fsp3) is 0.0270. The first-order valence-electron chi connectivity index (χ1n) is 13.7. The van der Waals surface area contributed by atoms with E-state index in [1.807, 2.05) is 17.8 Å². The first kappa shape index (κ1) is 23.9. The van der Waals surface area contributed by atoms with Crippen molar-refractivity contribution in [1.29, 1.82) is 0 Å². The zero-order chi connectivity index (χ0) is 27.3. The largest absolute Gasteiger partial charge is 0.307 e. The maximum atomic E-state index is 6.99. The Hall–Kier alpha value is -3.76. The molecule has 0 fully saturated rings. The van der Waals surface area contributed by atoms with E-state index < -0.39 is 5.41 Å². The van der Waals surface area contributed by atoms with Gasteiger partial charge in [-0.05, 0) is 63.7 Å². The van der Waals surface area contributed by atoms with Crippen molar-refractivity contribution in [2.75, 3.05) is 0 Å². The monoisotopic (exact) mass is 625 g/mol. The minimum Gasteiger partial charge on any atom is -0.307 e. The fourth-order valence-electron chi connectivity index (χ4n) is 7.28. The lowest BCUT2D eigenvalue weighted by atomic mass is 9.67. The van der Waals surface area contributed by atoms with Crippen LogP contribution in [0, 0.1) is 0 Å². The Morgan fingerprint density at radius 3 is 2.00 bits per heavy atom. The number of hydrogen-bond donors (Lipinski definition) is 0. The molecule has 4 heteroatoms. The molecule has 2 aliphatic rings. The third-order valence-electron chi connectivity index (χ3n) is 8.79. The van der Waals surface area contributed by atoms with Crippen molar-refractivity contribution in [3.8, 4) is 16.8 Å². The first-order valence-corrected chi connectivity index (χ1v) is 15.7. The average molecular weight is 627 g/mol. The van der Waals surface area contributed by atoms with Crippen LogP contribution in [-0.2, 0) is 5.41 Å². The van der Waals surface area contributed by atoms with Crippen LogP contribution in [0.4, 0.5) is 0 Å². The molecule has 1 aliphatic heterocycles. The average Bonchev–Trinajstić information content (AvgIpc) is 3.51. The van der Waals surface area contributed by atoms with Crippen molar-refractivity contribution in [2.45, 2.75) is 15.2 Å². The predicted molar refractivity (Wildman–Crippen MR) is 175 cm³/mol. The number of para-hydroxylation sites is 2. The van der Waals surface area contributed by atoms with Gasteiger partial charge in [-0.25, -0.2) is 0 Å². The molecule has 1 aromatic heterocycles. The van der Waals surface area contributed by atoms with Crippen molar-refractivity contribution in [2.24, 2.45) is 0 Å². The van der Waals surface area contributed by atoms with Crippen molar-refractivity contribution >= 4 is 61.1 Å². The molecule has 7 aromatic rings. The van der Waals surface area contributed by atoms with Crippen LogP contribution >= 0.6 is 39.3 Å². The zero-order valence-electron chi connectivity index (χ0n) is 21.7. The van der Waals surface area contributed by atoms with Crippen molar-refractivity contribution in [3.05, 3.63) is 159 Å². The highest BCUT2D eigenvalue weighted by molar-refractivity contribution is 9.10. The molecule has 0 N–H and O–H groups in total. The predicted octanol–water partition coefficient (Wildman–Crippen LogP) is 11.0. The van der Waals surface area contributed by atoms with Crippen LogP contribution in [0.15, 0.2) is 142 Å². The molecule has 41 heavy (non-hydrogen) atoms. The molecular formula is C37H21BrClNS. The van der Waals surface area contributed by atoms with E-state index in [0.717, 1.165) is 20.7 Å². The van der Waals surface area contributed by atoms with Crippen LogP contribution in [0.2, 0.25) is 5.02 Å². The Morgan fingerprint density at radius 1 is 0.585 bits per heavy atom. The zero-order valence-corrected chi connectivity index (χ0v) is 24.9. The summed E-state index contributed by atoms with van der Waals surface area (Å²) in [5.41, 5.74) is 10.9. The van der Waals surface area contributed by atoms with Gasteiger partial charge in [0.05, 0.1) is 21.5 Å². The molecule has 1 nitrogen and oxygen atoms in total. The minimum absolute atomic E-state index is 0.431. The van der Waals surface area contributed by atoms with Gasteiger partial charge in [0.1, 0.15) is 0 Å². The molecule has 9 rings (SSSR count). The number of rotatable bonds is 1. The van der Waals surface area contributed by atoms with Gasteiger partial charge in [0.15, 0.2) is 0 Å². The molecule has 1 aliphatic carbocycles. The Bertz CT molecular complexity index is 2170. The molecule has 0 bridgehead atoms. The Labute approximate surface area is 255 Å². The van der Waals surface area contributed by atoms with Gasteiger partial charge >= 0.3 is 0 Å². The Kier molecular flexibility index (Phi) is 5.03. The summed E-state index contributed by atoms with van der Waals surface area (Å²) >= 11 is 12.7. The maximum Gasteiger partial charge on any atom is 0.0736 e. The van der Waals surface area contributed by atoms with Crippen LogP contribution in [-0.4, -0.2) is 4.57 Å². The second-order valence-corrected chi connectivity index (χ2v) is 13.1. The molecule has 0 amide bonds. The van der Waals surface area contributed by atoms with Gasteiger partial charge < -0.3 is 4.57 Å². The van der Waals surface area contributed by atoms with Gasteiger partial charge in [-0.2, -0.15) is 0 Å². The number of hydrogen-bond acceptors (Lipinski definition) is 1. The van der Waals surface area contributed by atoms with E-state index in [4.69, 9.17) is 11.6 Å². The van der Waals surface area contributed by atoms with Crippen molar-refractivity contribution in [1.82, 2.24) is 4.57 Å². The Morgan fingerprint density at radius 2 is 1.24 bits per heavy atom. The quantitative estimate of drug-likeness (QED) is 0.175. The number of fused-ring (bicyclic) bond motifs is 13. The summed E-state index contributed by atoms with van der Waals surface area (Å²) in [4.78, 5) is 2.54. The number of halogens is 2. The highest BCUT2D eigenvalue weighted by atomic mass is 79.9. The third kappa shape index (κ3) is 3.04. The Balaban J connectivity index is 1.52. The SMILES string of the molecule is Clc1cccc2c3ccc4c(c3n(-c3ccccc3)c12)Sc1cc(Br)ccc1C41c2ccccc2-c2ccccc21. The van der Waals surface area contributed by atoms with Crippen LogP contribution < -0.4 is 0 Å². The van der Waals surface area contributed by atoms with E-state index in [2.05, 4.69) is 142 Å². The summed E-state index contributed by atoms with van der Waals surface area (Å²) < 4.78 is 3.46. The summed E-state index contributed by atoms with van der Waals surface area (Å²) in [6.45, 7) is 0. The summed E-state index contributed by atoms with van der Waals surface area (Å²) in [5.74, 6) is 0. The summed E-state index contributed by atoms with van der Waals surface area (Å²) in [5, 5.41) is 3.14. The van der Waals surface area contributed by atoms with E-state index in [1.165, 1.54) is 59.5 Å². The number of nitrogens with zero attached hydrogens (tertiary/aromatic N) is 1. The maximum absolute atomic E-state index is 6.99. The van der Waals surface area contributed by atoms with Gasteiger partial charge in [0.2, 0.25) is 0 Å². The molecule has 2 heterocycles. The van der Waals surface area contributed by atoms with E-state index in [-0.39, 0.29) is 0 Å². The molecule has 0 saturated heterocycles. The lowest BCUT2D eigenvalue weighted by molar-refractivity contribution is 0.724. The molecule has 1 spiro atoms. The molecule has 0 saturated carbocycles. The number of aromatic nitrogens is 1. The van der Waals surface area contributed by atoms with Crippen LogP contribution in [0.25, 0.3) is 38.6 Å². The normalized spacial score (nSPS) is 14.2. The molecule has 194 valence electrons. The van der Waals surface area contributed by atoms with Crippen LogP contribution in [0.1, 0.15) is 22.3 Å². The van der Waals surface area contributed by atoms with Gasteiger partial charge in [0.25, 0.3) is 0 Å². The van der Waals surface area contributed by atoms with Gasteiger partial charge in [0, 0.05) is 30.7 Å². The second kappa shape index (κ2) is 8.62. The van der Waals surface area contributed by atoms with Crippen LogP contribution in [0.5, 0.6) is 0 Å². The third-order valence-corrected chi connectivity index (χ3v) is 10.8. The molecule has 6 aromatic carbocycles. The second-order valence-electron chi connectivity index (χ2n) is 10.7. The van der Waals surface area contributed by atoms with Gasteiger partial charge in [-0.15, -0.1) is 0 Å². The lowest BCUT2D eigenvalue weighted by Crippen LogP contribution is -2.32. The van der Waals surface area contributed by atoms with E-state index in [9.17, 15) is 0 Å². The lowest BCUT2D eigenvalue weighted by Gasteiger charge is -2.40. The van der Waals surface area contributed by atoms with E-state index >= 15 is 0 Å². The summed E-state index contributed by atoms with van der Waals surface area (Å²) in [7, 11) is 0. The smallest absolute Gasteiger partial charge is 0.0736 e. The van der Waals surface area contributed by atoms with Gasteiger partial charge in [-0.1, -0.05) is 136 Å². The highest BCUT2D eigenvalue weighted by Gasteiger charge is 2.50. The number of benzene rings is 6. The van der Waals surface area contributed by atoms with Crippen LogP contribution in [0.3, 0.4) is 0 Å². The topological polar surface area (TPSA) is 4.93 Å². The standard InChI is InChI=1S/C37H21BrClNS/c38-22-17-19-30-33(21-22)41-36-31(37(30)28-14-6-4-11-24(28)25-12-5-7-15-29(25)37)20-18-27-26-13-8-16-32(39)34(26)40(35(27)36)23-9-2-1-3-10-23/h1-21H. The summed E-state index contributed by atoms with van der Waals surface area (Å²) in [6.07, 6.45) is 0. The molecule has 0 unspecified atom stereocenters. The highest BCUT2D eigenvalue weighted by Crippen LogP contribution is 2.63. The van der Waals surface area contributed by atoms with Crippen molar-refractivity contribution in [3.63, 3.8) is 0 Å². The molecular weight excluding hydrogens is 606 g/mol. The van der Waals surface area contributed by atoms with E-state index in [0.29, 0.717) is 0 Å². The first-order chi connectivity index (χ1) is 20.2. The van der Waals surface area contributed by atoms with Crippen molar-refractivity contribution < 1.29 is 0 Å². The fourth-order valence-corrected chi connectivity index (χ4v) is 9.41. The summed E-state index contributed by atoms with van der Waals surface area (Å²) in [6, 6.07) is 46.3.